The van der Waals surface area contributed by atoms with Crippen molar-refractivity contribution < 1.29 is 14.4 Å². The van der Waals surface area contributed by atoms with Crippen molar-refractivity contribution in [3.63, 3.8) is 0 Å². The van der Waals surface area contributed by atoms with Gasteiger partial charge in [0.05, 0.1) is 0 Å². The second-order valence-electron chi connectivity index (χ2n) is 4.16. The van der Waals surface area contributed by atoms with E-state index in [1.807, 2.05) is 17.6 Å². The highest BCUT2D eigenvalue weighted by atomic mass is 79.9. The van der Waals surface area contributed by atoms with Crippen molar-refractivity contribution in [1.82, 2.24) is 16.0 Å². The average Bonchev–Trinajstić information content (AvgIpc) is 2.43. The highest BCUT2D eigenvalue weighted by Gasteiger charge is 2.17. The standard InChI is InChI=1S/C13H19BrN4O3/c1-3-4-5-11(19)17-13(21)18-12(20)10(8-15)9(2)16-7-6-14/h16H,3-7H2,1-2H3,(H2,17,18,19,20,21). The molecule has 0 spiro atoms. The van der Waals surface area contributed by atoms with Crippen molar-refractivity contribution >= 4 is 33.8 Å². The number of urea groups is 1. The first-order valence-corrected chi connectivity index (χ1v) is 7.64. The lowest BCUT2D eigenvalue weighted by Gasteiger charge is -2.08. The minimum atomic E-state index is -0.929. The highest BCUT2D eigenvalue weighted by Crippen LogP contribution is 2.00. The van der Waals surface area contributed by atoms with Crippen LogP contribution in [-0.2, 0) is 9.59 Å². The molecule has 0 aliphatic rings. The normalized spacial score (nSPS) is 11.0. The number of carbonyl (C=O) groups is 3. The Morgan fingerprint density at radius 2 is 1.90 bits per heavy atom. The summed E-state index contributed by atoms with van der Waals surface area (Å²) in [5.41, 5.74) is 0.159. The average molecular weight is 359 g/mol. The van der Waals surface area contributed by atoms with E-state index in [-0.39, 0.29) is 12.0 Å². The molecule has 0 bridgehead atoms. The van der Waals surface area contributed by atoms with Gasteiger partial charge < -0.3 is 5.32 Å². The van der Waals surface area contributed by atoms with Crippen LogP contribution in [0.15, 0.2) is 11.3 Å². The zero-order valence-corrected chi connectivity index (χ0v) is 13.7. The van der Waals surface area contributed by atoms with Crippen molar-refractivity contribution in [1.29, 1.82) is 5.26 Å². The van der Waals surface area contributed by atoms with E-state index in [9.17, 15) is 14.4 Å². The van der Waals surface area contributed by atoms with Crippen molar-refractivity contribution in [2.24, 2.45) is 0 Å². The summed E-state index contributed by atoms with van der Waals surface area (Å²) in [7, 11) is 0. The second kappa shape index (κ2) is 10.9. The van der Waals surface area contributed by atoms with Crippen molar-refractivity contribution in [2.75, 3.05) is 11.9 Å². The molecule has 0 heterocycles. The summed E-state index contributed by atoms with van der Waals surface area (Å²) in [6, 6.07) is 0.800. The number of halogens is 1. The van der Waals surface area contributed by atoms with Crippen molar-refractivity contribution in [3.05, 3.63) is 11.3 Å². The van der Waals surface area contributed by atoms with Crippen LogP contribution in [0, 0.1) is 11.3 Å². The molecule has 0 aromatic rings. The van der Waals surface area contributed by atoms with E-state index in [1.165, 1.54) is 0 Å². The largest absolute Gasteiger partial charge is 0.387 e. The van der Waals surface area contributed by atoms with Gasteiger partial charge in [0.1, 0.15) is 11.6 Å². The number of hydrogen-bond acceptors (Lipinski definition) is 5. The van der Waals surface area contributed by atoms with Crippen LogP contribution in [0.1, 0.15) is 33.1 Å². The molecule has 21 heavy (non-hydrogen) atoms. The first-order chi connectivity index (χ1) is 9.96. The molecule has 0 rings (SSSR count). The summed E-state index contributed by atoms with van der Waals surface area (Å²) in [6.07, 6.45) is 1.70. The van der Waals surface area contributed by atoms with Gasteiger partial charge in [-0.05, 0) is 13.3 Å². The summed E-state index contributed by atoms with van der Waals surface area (Å²) in [5, 5.41) is 16.5. The number of nitrogens with zero attached hydrogens (tertiary/aromatic N) is 1. The maximum Gasteiger partial charge on any atom is 0.328 e. The minimum absolute atomic E-state index is 0.202. The lowest BCUT2D eigenvalue weighted by molar-refractivity contribution is -0.120. The molecule has 0 saturated carbocycles. The van der Waals surface area contributed by atoms with Crippen LogP contribution in [0.5, 0.6) is 0 Å². The van der Waals surface area contributed by atoms with E-state index in [4.69, 9.17) is 5.26 Å². The van der Waals surface area contributed by atoms with E-state index in [0.717, 1.165) is 6.42 Å². The number of rotatable bonds is 7. The predicted octanol–water partition coefficient (Wildman–Crippen LogP) is 1.31. The molecular formula is C13H19BrN4O3. The summed E-state index contributed by atoms with van der Waals surface area (Å²) in [5.74, 6) is -1.31. The molecule has 7 nitrogen and oxygen atoms in total. The summed E-state index contributed by atoms with van der Waals surface area (Å²) >= 11 is 3.20. The Hall–Kier alpha value is -1.88. The molecule has 0 aliphatic carbocycles. The Morgan fingerprint density at radius 3 is 2.43 bits per heavy atom. The maximum absolute atomic E-state index is 11.8. The predicted molar refractivity (Wildman–Crippen MR) is 81.3 cm³/mol. The number of allylic oxidation sites excluding steroid dienone is 1. The second-order valence-corrected chi connectivity index (χ2v) is 4.96. The van der Waals surface area contributed by atoms with E-state index >= 15 is 0 Å². The molecule has 4 amide bonds. The third-order valence-electron chi connectivity index (χ3n) is 2.44. The number of imide groups is 2. The lowest BCUT2D eigenvalue weighted by atomic mass is 10.2. The van der Waals surface area contributed by atoms with Crippen LogP contribution < -0.4 is 16.0 Å². The summed E-state index contributed by atoms with van der Waals surface area (Å²) in [4.78, 5) is 34.6. The van der Waals surface area contributed by atoms with Crippen LogP contribution in [0.3, 0.4) is 0 Å². The Labute approximate surface area is 132 Å². The zero-order chi connectivity index (χ0) is 16.3. The van der Waals surface area contributed by atoms with Gasteiger partial charge in [0, 0.05) is 24.0 Å². The van der Waals surface area contributed by atoms with Crippen molar-refractivity contribution in [2.45, 2.75) is 33.1 Å². The number of unbranched alkanes of at least 4 members (excludes halogenated alkanes) is 1. The van der Waals surface area contributed by atoms with Gasteiger partial charge in [-0.3, -0.25) is 20.2 Å². The van der Waals surface area contributed by atoms with E-state index in [0.29, 0.717) is 24.0 Å². The van der Waals surface area contributed by atoms with Crippen molar-refractivity contribution in [3.8, 4) is 6.07 Å². The summed E-state index contributed by atoms with van der Waals surface area (Å²) in [6.45, 7) is 4.01. The maximum atomic E-state index is 11.8. The van der Waals surface area contributed by atoms with Crippen LogP contribution >= 0.6 is 15.9 Å². The Morgan fingerprint density at radius 1 is 1.24 bits per heavy atom. The molecule has 0 atom stereocenters. The molecule has 0 fully saturated rings. The number of nitriles is 1. The van der Waals surface area contributed by atoms with E-state index in [1.54, 1.807) is 13.0 Å². The fourth-order valence-electron chi connectivity index (χ4n) is 1.35. The van der Waals surface area contributed by atoms with Gasteiger partial charge in [0.2, 0.25) is 5.91 Å². The fraction of sp³-hybridized carbons (Fsp3) is 0.538. The van der Waals surface area contributed by atoms with Crippen LogP contribution in [0.4, 0.5) is 4.79 Å². The monoisotopic (exact) mass is 358 g/mol. The van der Waals surface area contributed by atoms with Gasteiger partial charge in [-0.2, -0.15) is 5.26 Å². The first-order valence-electron chi connectivity index (χ1n) is 6.52. The number of hydrogen-bond donors (Lipinski definition) is 3. The van der Waals surface area contributed by atoms with Crippen LogP contribution in [-0.4, -0.2) is 29.7 Å². The third-order valence-corrected chi connectivity index (χ3v) is 2.83. The van der Waals surface area contributed by atoms with Crippen LogP contribution in [0.25, 0.3) is 0 Å². The van der Waals surface area contributed by atoms with Crippen LogP contribution in [0.2, 0.25) is 0 Å². The van der Waals surface area contributed by atoms with Gasteiger partial charge in [0.15, 0.2) is 0 Å². The van der Waals surface area contributed by atoms with Gasteiger partial charge in [0.25, 0.3) is 5.91 Å². The van der Waals surface area contributed by atoms with E-state index in [2.05, 4.69) is 21.2 Å². The topological polar surface area (TPSA) is 111 Å². The number of alkyl halides is 1. The molecule has 116 valence electrons. The fourth-order valence-corrected chi connectivity index (χ4v) is 1.55. The molecule has 8 heteroatoms. The molecule has 3 N–H and O–H groups in total. The van der Waals surface area contributed by atoms with E-state index < -0.39 is 17.8 Å². The zero-order valence-electron chi connectivity index (χ0n) is 12.1. The molecule has 0 saturated heterocycles. The molecule has 0 aromatic heterocycles. The summed E-state index contributed by atoms with van der Waals surface area (Å²) < 4.78 is 0. The first kappa shape index (κ1) is 19.1. The number of carbonyl (C=O) groups excluding carboxylic acids is 3. The Bertz CT molecular complexity index is 469. The Kier molecular flexibility index (Phi) is 9.88. The van der Waals surface area contributed by atoms with Gasteiger partial charge in [-0.15, -0.1) is 0 Å². The third kappa shape index (κ3) is 8.09. The number of nitrogens with one attached hydrogen (secondary N) is 3. The lowest BCUT2D eigenvalue weighted by Crippen LogP contribution is -2.43. The van der Waals surface area contributed by atoms with Gasteiger partial charge in [-0.25, -0.2) is 4.79 Å². The quantitative estimate of drug-likeness (QED) is 0.361. The molecule has 0 unspecified atom stereocenters. The Balaban J connectivity index is 4.54. The number of amides is 4. The smallest absolute Gasteiger partial charge is 0.328 e. The highest BCUT2D eigenvalue weighted by molar-refractivity contribution is 9.09. The SMILES string of the molecule is CCCCC(=O)NC(=O)NC(=O)C(C#N)=C(C)NCCBr. The van der Waals surface area contributed by atoms with Gasteiger partial charge >= 0.3 is 6.03 Å². The molecule has 0 radical (unpaired) electrons. The van der Waals surface area contributed by atoms with Gasteiger partial charge in [-0.1, -0.05) is 29.3 Å². The molecule has 0 aliphatic heterocycles. The molecular weight excluding hydrogens is 340 g/mol. The minimum Gasteiger partial charge on any atom is -0.387 e. The molecule has 0 aromatic carbocycles.